The maximum Gasteiger partial charge on any atom is 0.240 e. The van der Waals surface area contributed by atoms with Crippen molar-refractivity contribution in [3.8, 4) is 5.75 Å². The number of carbonyl (C=O) groups is 1. The van der Waals surface area contributed by atoms with Gasteiger partial charge >= 0.3 is 0 Å². The van der Waals surface area contributed by atoms with Gasteiger partial charge in [-0.3, -0.25) is 9.10 Å². The van der Waals surface area contributed by atoms with Gasteiger partial charge in [0.05, 0.1) is 18.6 Å². The Morgan fingerprint density at radius 3 is 2.35 bits per heavy atom. The summed E-state index contributed by atoms with van der Waals surface area (Å²) in [6.45, 7) is 6.84. The highest BCUT2D eigenvalue weighted by Gasteiger charge is 2.20. The van der Waals surface area contributed by atoms with Crippen molar-refractivity contribution in [3.63, 3.8) is 0 Å². The first-order valence-electron chi connectivity index (χ1n) is 7.71. The summed E-state index contributed by atoms with van der Waals surface area (Å²) in [6.07, 6.45) is 1.98. The Hall–Kier alpha value is -1.76. The predicted octanol–water partition coefficient (Wildman–Crippen LogP) is 2.01. The van der Waals surface area contributed by atoms with Gasteiger partial charge in [-0.1, -0.05) is 20.8 Å². The topological polar surface area (TPSA) is 75.7 Å². The van der Waals surface area contributed by atoms with E-state index in [-0.39, 0.29) is 12.5 Å². The van der Waals surface area contributed by atoms with E-state index in [0.717, 1.165) is 17.0 Å². The number of nitrogens with one attached hydrogen (secondary N) is 1. The van der Waals surface area contributed by atoms with Gasteiger partial charge in [-0.2, -0.15) is 0 Å². The fourth-order valence-electron chi connectivity index (χ4n) is 1.83. The lowest BCUT2D eigenvalue weighted by Gasteiger charge is -2.22. The molecule has 0 aromatic heterocycles. The highest BCUT2D eigenvalue weighted by molar-refractivity contribution is 7.92. The molecule has 1 amide bonds. The molecule has 7 heteroatoms. The molecule has 130 valence electrons. The Labute approximate surface area is 138 Å². The van der Waals surface area contributed by atoms with E-state index < -0.39 is 10.0 Å². The summed E-state index contributed by atoms with van der Waals surface area (Å²) < 4.78 is 30.5. The number of amides is 1. The quantitative estimate of drug-likeness (QED) is 0.745. The molecular weight excluding hydrogens is 316 g/mol. The molecule has 0 saturated heterocycles. The highest BCUT2D eigenvalue weighted by atomic mass is 32.2. The highest BCUT2D eigenvalue weighted by Crippen LogP contribution is 2.21. The molecule has 0 spiro atoms. The van der Waals surface area contributed by atoms with E-state index in [4.69, 9.17) is 4.74 Å². The first kappa shape index (κ1) is 19.3. The van der Waals surface area contributed by atoms with Crippen LogP contribution in [-0.4, -0.2) is 40.3 Å². The van der Waals surface area contributed by atoms with Gasteiger partial charge in [0.15, 0.2) is 0 Å². The fourth-order valence-corrected chi connectivity index (χ4v) is 2.69. The molecule has 0 bridgehead atoms. The van der Waals surface area contributed by atoms with E-state index >= 15 is 0 Å². The van der Waals surface area contributed by atoms with E-state index in [1.54, 1.807) is 24.3 Å². The van der Waals surface area contributed by atoms with Crippen LogP contribution in [0.5, 0.6) is 5.75 Å². The molecule has 6 nitrogen and oxygen atoms in total. The number of sulfonamides is 1. The zero-order chi connectivity index (χ0) is 17.5. The lowest BCUT2D eigenvalue weighted by Crippen LogP contribution is -2.41. The number of anilines is 1. The molecular formula is C16H26N2O4S. The minimum atomic E-state index is -3.55. The van der Waals surface area contributed by atoms with Crippen LogP contribution in [0.1, 0.15) is 27.2 Å². The summed E-state index contributed by atoms with van der Waals surface area (Å²) in [7, 11) is -3.55. The monoisotopic (exact) mass is 342 g/mol. The molecule has 1 N–H and O–H groups in total. The van der Waals surface area contributed by atoms with Crippen LogP contribution in [0, 0.1) is 5.92 Å². The van der Waals surface area contributed by atoms with Gasteiger partial charge in [0.25, 0.3) is 0 Å². The lowest BCUT2D eigenvalue weighted by molar-refractivity contribution is -0.119. The second-order valence-electron chi connectivity index (χ2n) is 5.81. The summed E-state index contributed by atoms with van der Waals surface area (Å²) in [5, 5.41) is 2.72. The van der Waals surface area contributed by atoms with Gasteiger partial charge in [0.2, 0.25) is 15.9 Å². The average Bonchev–Trinajstić information content (AvgIpc) is 2.48. The molecule has 0 atom stereocenters. The lowest BCUT2D eigenvalue weighted by atomic mass is 10.2. The maximum absolute atomic E-state index is 12.0. The van der Waals surface area contributed by atoms with Crippen molar-refractivity contribution in [3.05, 3.63) is 24.3 Å². The third kappa shape index (κ3) is 6.90. The van der Waals surface area contributed by atoms with E-state index in [1.807, 2.05) is 20.8 Å². The SMILES string of the molecule is CCCOc1ccc(N(CC(=O)NCC(C)C)S(C)(=O)=O)cc1. The number of hydrogen-bond donors (Lipinski definition) is 1. The number of benzene rings is 1. The van der Waals surface area contributed by atoms with Gasteiger partial charge in [0, 0.05) is 6.54 Å². The van der Waals surface area contributed by atoms with Crippen LogP contribution in [0.3, 0.4) is 0 Å². The van der Waals surface area contributed by atoms with Crippen LogP contribution < -0.4 is 14.4 Å². The molecule has 0 heterocycles. The van der Waals surface area contributed by atoms with Crippen LogP contribution in [-0.2, 0) is 14.8 Å². The van der Waals surface area contributed by atoms with Gasteiger partial charge in [-0.25, -0.2) is 8.42 Å². The molecule has 0 aliphatic carbocycles. The Morgan fingerprint density at radius 2 is 1.87 bits per heavy atom. The van der Waals surface area contributed by atoms with Gasteiger partial charge in [-0.05, 0) is 36.6 Å². The molecule has 1 aromatic carbocycles. The zero-order valence-corrected chi connectivity index (χ0v) is 15.0. The number of hydrogen-bond acceptors (Lipinski definition) is 4. The van der Waals surface area contributed by atoms with Crippen LogP contribution in [0.25, 0.3) is 0 Å². The summed E-state index contributed by atoms with van der Waals surface area (Å²) >= 11 is 0. The fraction of sp³-hybridized carbons (Fsp3) is 0.562. The maximum atomic E-state index is 12.0. The van der Waals surface area contributed by atoms with Crippen molar-refractivity contribution in [2.45, 2.75) is 27.2 Å². The second-order valence-corrected chi connectivity index (χ2v) is 7.72. The third-order valence-corrected chi connectivity index (χ3v) is 4.13. The number of nitrogens with zero attached hydrogens (tertiary/aromatic N) is 1. The van der Waals surface area contributed by atoms with Crippen LogP contribution in [0.15, 0.2) is 24.3 Å². The van der Waals surface area contributed by atoms with Crippen molar-refractivity contribution in [2.75, 3.05) is 30.3 Å². The minimum Gasteiger partial charge on any atom is -0.494 e. The first-order chi connectivity index (χ1) is 10.7. The van der Waals surface area contributed by atoms with Crippen LogP contribution in [0.4, 0.5) is 5.69 Å². The van der Waals surface area contributed by atoms with Gasteiger partial charge in [0.1, 0.15) is 12.3 Å². The first-order valence-corrected chi connectivity index (χ1v) is 9.56. The van der Waals surface area contributed by atoms with Gasteiger partial charge in [-0.15, -0.1) is 0 Å². The molecule has 23 heavy (non-hydrogen) atoms. The third-order valence-electron chi connectivity index (χ3n) is 2.99. The summed E-state index contributed by atoms with van der Waals surface area (Å²) in [6, 6.07) is 6.69. The van der Waals surface area contributed by atoms with Crippen molar-refractivity contribution < 1.29 is 17.9 Å². The van der Waals surface area contributed by atoms with Crippen molar-refractivity contribution in [1.29, 1.82) is 0 Å². The zero-order valence-electron chi connectivity index (χ0n) is 14.2. The standard InChI is InChI=1S/C16H26N2O4S/c1-5-10-22-15-8-6-14(7-9-15)18(23(4,20)21)12-16(19)17-11-13(2)3/h6-9,13H,5,10-12H2,1-4H3,(H,17,19). The van der Waals surface area contributed by atoms with Crippen LogP contribution >= 0.6 is 0 Å². The van der Waals surface area contributed by atoms with E-state index in [9.17, 15) is 13.2 Å². The number of rotatable bonds is 9. The van der Waals surface area contributed by atoms with E-state index in [1.165, 1.54) is 0 Å². The largest absolute Gasteiger partial charge is 0.494 e. The molecule has 1 aromatic rings. The van der Waals surface area contributed by atoms with Crippen molar-refractivity contribution >= 4 is 21.6 Å². The van der Waals surface area contributed by atoms with E-state index in [0.29, 0.717) is 30.5 Å². The molecule has 0 radical (unpaired) electrons. The Morgan fingerprint density at radius 1 is 1.26 bits per heavy atom. The Balaban J connectivity index is 2.84. The Kier molecular flexibility index (Phi) is 7.35. The normalized spacial score (nSPS) is 11.3. The molecule has 0 unspecified atom stereocenters. The predicted molar refractivity (Wildman–Crippen MR) is 92.3 cm³/mol. The minimum absolute atomic E-state index is 0.235. The summed E-state index contributed by atoms with van der Waals surface area (Å²) in [5.74, 6) is 0.657. The molecule has 0 fully saturated rings. The number of ether oxygens (including phenoxy) is 1. The second kappa shape index (κ2) is 8.76. The summed E-state index contributed by atoms with van der Waals surface area (Å²) in [5.41, 5.74) is 0.441. The van der Waals surface area contributed by atoms with Crippen molar-refractivity contribution in [1.82, 2.24) is 5.32 Å². The van der Waals surface area contributed by atoms with Gasteiger partial charge < -0.3 is 10.1 Å². The molecule has 0 aliphatic rings. The molecule has 0 aliphatic heterocycles. The average molecular weight is 342 g/mol. The molecule has 0 saturated carbocycles. The smallest absolute Gasteiger partial charge is 0.240 e. The van der Waals surface area contributed by atoms with Crippen molar-refractivity contribution in [2.24, 2.45) is 5.92 Å². The molecule has 1 rings (SSSR count). The Bertz CT molecular complexity index is 597. The summed E-state index contributed by atoms with van der Waals surface area (Å²) in [4.78, 5) is 11.9. The van der Waals surface area contributed by atoms with Crippen LogP contribution in [0.2, 0.25) is 0 Å². The number of carbonyl (C=O) groups excluding carboxylic acids is 1. The van der Waals surface area contributed by atoms with E-state index in [2.05, 4.69) is 5.32 Å².